The number of benzene rings is 1. The Hall–Kier alpha value is -1.34. The smallest absolute Gasteiger partial charge is 0.0180 e. The Kier molecular flexibility index (Phi) is 4.16. The van der Waals surface area contributed by atoms with Gasteiger partial charge in [-0.05, 0) is 36.6 Å². The second-order valence-corrected chi connectivity index (χ2v) is 5.09. The summed E-state index contributed by atoms with van der Waals surface area (Å²) in [6.07, 6.45) is 11.9. The van der Waals surface area contributed by atoms with Gasteiger partial charge in [0.2, 0.25) is 0 Å². The maximum Gasteiger partial charge on any atom is 0.0180 e. The summed E-state index contributed by atoms with van der Waals surface area (Å²) in [6.45, 7) is 2.15. The maximum absolute atomic E-state index is 3.56. The molecule has 1 aromatic carbocycles. The highest BCUT2D eigenvalue weighted by atomic mass is 79.9. The Morgan fingerprint density at radius 1 is 1.06 bits per heavy atom. The minimum absolute atomic E-state index is 1.01. The molecule has 0 nitrogen and oxygen atoms in total. The van der Waals surface area contributed by atoms with Crippen molar-refractivity contribution in [3.8, 4) is 0 Å². The van der Waals surface area contributed by atoms with Gasteiger partial charge in [-0.3, -0.25) is 0 Å². The van der Waals surface area contributed by atoms with E-state index in [1.807, 2.05) is 6.07 Å². The van der Waals surface area contributed by atoms with Crippen LogP contribution in [0.5, 0.6) is 0 Å². The molecule has 1 aromatic rings. The molecule has 0 fully saturated rings. The highest BCUT2D eigenvalue weighted by molar-refractivity contribution is 9.11. The van der Waals surface area contributed by atoms with Gasteiger partial charge in [-0.25, -0.2) is 0 Å². The van der Waals surface area contributed by atoms with E-state index in [-0.39, 0.29) is 0 Å². The average molecular weight is 287 g/mol. The molecule has 1 aliphatic rings. The first-order chi connectivity index (χ1) is 8.24. The van der Waals surface area contributed by atoms with Crippen LogP contribution in [-0.4, -0.2) is 0 Å². The van der Waals surface area contributed by atoms with Crippen molar-refractivity contribution < 1.29 is 0 Å². The summed E-state index contributed by atoms with van der Waals surface area (Å²) >= 11 is 3.56. The molecule has 0 spiro atoms. The fraction of sp³-hybridized carbons (Fsp3) is 0.125. The van der Waals surface area contributed by atoms with Crippen molar-refractivity contribution in [3.05, 3.63) is 75.8 Å². The van der Waals surface area contributed by atoms with Crippen LogP contribution in [-0.2, 0) is 0 Å². The van der Waals surface area contributed by atoms with Gasteiger partial charge in [0, 0.05) is 4.48 Å². The van der Waals surface area contributed by atoms with Gasteiger partial charge in [0.15, 0.2) is 0 Å². The van der Waals surface area contributed by atoms with E-state index in [2.05, 4.69) is 77.5 Å². The lowest BCUT2D eigenvalue weighted by molar-refractivity contribution is 1.21. The van der Waals surface area contributed by atoms with Crippen molar-refractivity contribution in [2.24, 2.45) is 0 Å². The van der Waals surface area contributed by atoms with Gasteiger partial charge in [0.25, 0.3) is 0 Å². The van der Waals surface area contributed by atoms with Crippen LogP contribution >= 0.6 is 15.9 Å². The predicted molar refractivity (Wildman–Crippen MR) is 78.9 cm³/mol. The second-order valence-electron chi connectivity index (χ2n) is 4.17. The van der Waals surface area contributed by atoms with Gasteiger partial charge in [-0.1, -0.05) is 70.1 Å². The molecule has 0 unspecified atom stereocenters. The molecule has 0 aliphatic heterocycles. The zero-order chi connectivity index (χ0) is 12.1. The van der Waals surface area contributed by atoms with Crippen molar-refractivity contribution in [1.29, 1.82) is 0 Å². The van der Waals surface area contributed by atoms with E-state index in [0.717, 1.165) is 10.9 Å². The summed E-state index contributed by atoms with van der Waals surface area (Å²) in [6, 6.07) is 10.4. The van der Waals surface area contributed by atoms with Crippen molar-refractivity contribution in [1.82, 2.24) is 0 Å². The van der Waals surface area contributed by atoms with Crippen LogP contribution in [0.15, 0.2) is 70.3 Å². The van der Waals surface area contributed by atoms with E-state index in [9.17, 15) is 0 Å². The normalized spacial score (nSPS) is 16.2. The van der Waals surface area contributed by atoms with E-state index >= 15 is 0 Å². The molecule has 0 bridgehead atoms. The highest BCUT2D eigenvalue weighted by Gasteiger charge is 1.98. The lowest BCUT2D eigenvalue weighted by atomic mass is 10.1. The average Bonchev–Trinajstić information content (AvgIpc) is 2.49. The minimum atomic E-state index is 1.01. The van der Waals surface area contributed by atoms with Crippen LogP contribution in [0.25, 0.3) is 6.08 Å². The fourth-order valence-corrected chi connectivity index (χ4v) is 2.36. The number of halogens is 1. The third-order valence-corrected chi connectivity index (χ3v) is 3.07. The Labute approximate surface area is 111 Å². The zero-order valence-electron chi connectivity index (χ0n) is 9.86. The van der Waals surface area contributed by atoms with Gasteiger partial charge in [0.05, 0.1) is 0 Å². The van der Waals surface area contributed by atoms with Crippen LogP contribution in [0.1, 0.15) is 18.9 Å². The summed E-state index contributed by atoms with van der Waals surface area (Å²) in [4.78, 5) is 0. The molecule has 0 amide bonds. The molecule has 0 radical (unpaired) electrons. The van der Waals surface area contributed by atoms with Gasteiger partial charge in [-0.15, -0.1) is 0 Å². The predicted octanol–water partition coefficient (Wildman–Crippen LogP) is 5.26. The molecule has 0 atom stereocenters. The zero-order valence-corrected chi connectivity index (χ0v) is 11.4. The van der Waals surface area contributed by atoms with E-state index < -0.39 is 0 Å². The van der Waals surface area contributed by atoms with Gasteiger partial charge in [-0.2, -0.15) is 0 Å². The van der Waals surface area contributed by atoms with E-state index in [0.29, 0.717) is 0 Å². The number of allylic oxidation sites excluding steroid dienone is 7. The van der Waals surface area contributed by atoms with Crippen molar-refractivity contribution >= 4 is 22.0 Å². The molecule has 1 aliphatic carbocycles. The topological polar surface area (TPSA) is 0 Å². The summed E-state index contributed by atoms with van der Waals surface area (Å²) < 4.78 is 1.14. The maximum atomic E-state index is 3.56. The third kappa shape index (κ3) is 3.86. The van der Waals surface area contributed by atoms with Crippen molar-refractivity contribution in [2.75, 3.05) is 0 Å². The molecule has 0 aromatic heterocycles. The molecular weight excluding hydrogens is 272 g/mol. The third-order valence-electron chi connectivity index (χ3n) is 2.62. The van der Waals surface area contributed by atoms with Gasteiger partial charge >= 0.3 is 0 Å². The monoisotopic (exact) mass is 286 g/mol. The van der Waals surface area contributed by atoms with E-state index in [4.69, 9.17) is 0 Å². The molecular formula is C16H15Br. The van der Waals surface area contributed by atoms with E-state index in [1.165, 1.54) is 16.7 Å². The summed E-state index contributed by atoms with van der Waals surface area (Å²) in [5.74, 6) is 0. The number of rotatable bonds is 2. The van der Waals surface area contributed by atoms with Crippen molar-refractivity contribution in [3.63, 3.8) is 0 Å². The Bertz CT molecular complexity index is 502. The molecule has 86 valence electrons. The highest BCUT2D eigenvalue weighted by Crippen LogP contribution is 2.21. The molecule has 2 rings (SSSR count). The van der Waals surface area contributed by atoms with Crippen LogP contribution in [0, 0.1) is 0 Å². The fourth-order valence-electron chi connectivity index (χ4n) is 1.71. The molecule has 0 saturated carbocycles. The lowest BCUT2D eigenvalue weighted by Gasteiger charge is -1.94. The first-order valence-electron chi connectivity index (χ1n) is 5.72. The molecule has 0 saturated heterocycles. The van der Waals surface area contributed by atoms with Gasteiger partial charge < -0.3 is 0 Å². The number of hydrogen-bond donors (Lipinski definition) is 0. The SMILES string of the molecule is CC1=CC(Br)=CC(/C=C\c2ccccc2)=CC1. The Morgan fingerprint density at radius 2 is 1.82 bits per heavy atom. The van der Waals surface area contributed by atoms with Gasteiger partial charge in [0.1, 0.15) is 0 Å². The standard InChI is InChI=1S/C16H15Br/c1-13-7-8-15(12-16(17)11-13)10-9-14-5-3-2-4-6-14/h2-6,8-12H,7H2,1H3/b10-9-. The summed E-state index contributed by atoms with van der Waals surface area (Å²) in [7, 11) is 0. The first kappa shape index (κ1) is 12.1. The van der Waals surface area contributed by atoms with Crippen LogP contribution in [0.3, 0.4) is 0 Å². The van der Waals surface area contributed by atoms with Crippen molar-refractivity contribution in [2.45, 2.75) is 13.3 Å². The van der Waals surface area contributed by atoms with Crippen LogP contribution < -0.4 is 0 Å². The molecule has 0 N–H and O–H groups in total. The van der Waals surface area contributed by atoms with Crippen LogP contribution in [0.4, 0.5) is 0 Å². The first-order valence-corrected chi connectivity index (χ1v) is 6.51. The largest absolute Gasteiger partial charge is 0.0732 e. The summed E-state index contributed by atoms with van der Waals surface area (Å²) in [5, 5.41) is 0. The van der Waals surface area contributed by atoms with Crippen LogP contribution in [0.2, 0.25) is 0 Å². The van der Waals surface area contributed by atoms with E-state index in [1.54, 1.807) is 0 Å². The minimum Gasteiger partial charge on any atom is -0.0732 e. The second kappa shape index (κ2) is 5.83. The molecule has 1 heteroatoms. The molecule has 0 heterocycles. The number of hydrogen-bond acceptors (Lipinski definition) is 0. The lowest BCUT2D eigenvalue weighted by Crippen LogP contribution is -1.74. The Balaban J connectivity index is 2.15. The quantitative estimate of drug-likeness (QED) is 0.696. The Morgan fingerprint density at radius 3 is 2.59 bits per heavy atom. The molecule has 17 heavy (non-hydrogen) atoms. The summed E-state index contributed by atoms with van der Waals surface area (Å²) in [5.41, 5.74) is 3.84.